The second-order valence-corrected chi connectivity index (χ2v) is 14.1. The molecule has 0 unspecified atom stereocenters. The van der Waals surface area contributed by atoms with Crippen LogP contribution in [0.5, 0.6) is 0 Å². The van der Waals surface area contributed by atoms with Crippen LogP contribution >= 0.6 is 23.2 Å². The van der Waals surface area contributed by atoms with E-state index in [1.165, 1.54) is 21.5 Å². The van der Waals surface area contributed by atoms with E-state index in [0.717, 1.165) is 61.6 Å². The van der Waals surface area contributed by atoms with Gasteiger partial charge in [-0.3, -0.25) is 0 Å². The van der Waals surface area contributed by atoms with E-state index in [-0.39, 0.29) is 0 Å². The first-order chi connectivity index (χ1) is 26.1. The van der Waals surface area contributed by atoms with Gasteiger partial charge in [-0.25, -0.2) is 0 Å². The molecule has 0 spiro atoms. The minimum atomic E-state index is 0.477. The Kier molecular flexibility index (Phi) is 7.57. The lowest BCUT2D eigenvalue weighted by molar-refractivity contribution is 1.16. The van der Waals surface area contributed by atoms with Crippen molar-refractivity contribution >= 4 is 83.9 Å². The van der Waals surface area contributed by atoms with Crippen LogP contribution in [0.25, 0.3) is 66.1 Å². The number of nitrogens with zero attached hydrogens (tertiary/aromatic N) is 3. The van der Waals surface area contributed by atoms with Crippen LogP contribution in [0.3, 0.4) is 0 Å². The molecule has 0 saturated heterocycles. The molecule has 0 saturated carbocycles. The Labute approximate surface area is 317 Å². The van der Waals surface area contributed by atoms with Crippen molar-refractivity contribution in [2.45, 2.75) is 0 Å². The second-order valence-electron chi connectivity index (χ2n) is 13.3. The molecule has 0 atom stereocenters. The van der Waals surface area contributed by atoms with E-state index in [2.05, 4.69) is 190 Å². The number of anilines is 3. The van der Waals surface area contributed by atoms with E-state index in [4.69, 9.17) is 23.2 Å². The van der Waals surface area contributed by atoms with Crippen molar-refractivity contribution in [3.05, 3.63) is 198 Å². The molecule has 0 aliphatic rings. The zero-order valence-corrected chi connectivity index (χ0v) is 30.0. The van der Waals surface area contributed by atoms with Crippen LogP contribution < -0.4 is 4.90 Å². The normalized spacial score (nSPS) is 11.6. The molecule has 10 rings (SSSR count). The van der Waals surface area contributed by atoms with Gasteiger partial charge in [0.1, 0.15) is 0 Å². The molecule has 0 amide bonds. The van der Waals surface area contributed by atoms with Gasteiger partial charge < -0.3 is 14.0 Å². The molecule has 53 heavy (non-hydrogen) atoms. The first kappa shape index (κ1) is 31.5. The van der Waals surface area contributed by atoms with E-state index in [9.17, 15) is 0 Å². The Bertz CT molecular complexity index is 2870. The molecular weight excluding hydrogens is 689 g/mol. The van der Waals surface area contributed by atoms with Gasteiger partial charge in [0.15, 0.2) is 0 Å². The zero-order valence-electron chi connectivity index (χ0n) is 28.5. The van der Waals surface area contributed by atoms with Crippen LogP contribution in [-0.4, -0.2) is 9.13 Å². The first-order valence-corrected chi connectivity index (χ1v) is 18.4. The Hall–Kier alpha value is -6.26. The Morgan fingerprint density at radius 3 is 1.38 bits per heavy atom. The van der Waals surface area contributed by atoms with Crippen LogP contribution in [-0.2, 0) is 0 Å². The highest BCUT2D eigenvalue weighted by Crippen LogP contribution is 2.45. The Morgan fingerprint density at radius 2 is 0.830 bits per heavy atom. The summed E-state index contributed by atoms with van der Waals surface area (Å²) in [6, 6.07) is 66.1. The van der Waals surface area contributed by atoms with Crippen molar-refractivity contribution in [2.75, 3.05) is 4.90 Å². The smallest absolute Gasteiger partial charge is 0.0834 e. The van der Waals surface area contributed by atoms with Gasteiger partial charge in [-0.2, -0.15) is 0 Å². The van der Waals surface area contributed by atoms with Crippen molar-refractivity contribution in [1.29, 1.82) is 0 Å². The van der Waals surface area contributed by atoms with Gasteiger partial charge in [0.2, 0.25) is 0 Å². The fraction of sp³-hybridized carbons (Fsp3) is 0. The number of aromatic nitrogens is 2. The van der Waals surface area contributed by atoms with Crippen molar-refractivity contribution in [3.8, 4) is 22.5 Å². The average Bonchev–Trinajstić information content (AvgIpc) is 3.73. The summed E-state index contributed by atoms with van der Waals surface area (Å²) in [5.41, 5.74) is 11.5. The maximum absolute atomic E-state index is 7.29. The highest BCUT2D eigenvalue weighted by atomic mass is 35.5. The molecule has 0 bridgehead atoms. The fourth-order valence-corrected chi connectivity index (χ4v) is 8.29. The van der Waals surface area contributed by atoms with E-state index in [1.54, 1.807) is 0 Å². The van der Waals surface area contributed by atoms with Gasteiger partial charge in [-0.1, -0.05) is 145 Å². The van der Waals surface area contributed by atoms with Crippen molar-refractivity contribution in [2.24, 2.45) is 0 Å². The number of halogens is 2. The summed E-state index contributed by atoms with van der Waals surface area (Å²) in [6.07, 6.45) is 0. The molecule has 0 radical (unpaired) electrons. The quantitative estimate of drug-likeness (QED) is 0.167. The summed E-state index contributed by atoms with van der Waals surface area (Å²) in [6.45, 7) is 0. The zero-order chi connectivity index (χ0) is 35.5. The highest BCUT2D eigenvalue weighted by molar-refractivity contribution is 6.44. The van der Waals surface area contributed by atoms with Crippen LogP contribution in [0.15, 0.2) is 188 Å². The minimum Gasteiger partial charge on any atom is -0.309 e. The lowest BCUT2D eigenvalue weighted by Gasteiger charge is -2.28. The molecular formula is C48H31Cl2N3. The molecule has 0 aliphatic carbocycles. The molecule has 0 N–H and O–H groups in total. The fourth-order valence-electron chi connectivity index (χ4n) is 7.89. The largest absolute Gasteiger partial charge is 0.309 e. The molecule has 8 aromatic carbocycles. The lowest BCUT2D eigenvalue weighted by Crippen LogP contribution is -2.12. The summed E-state index contributed by atoms with van der Waals surface area (Å²) < 4.78 is 4.62. The number of fused-ring (bicyclic) bond motifs is 6. The number of hydrogen-bond donors (Lipinski definition) is 0. The molecule has 2 aromatic heterocycles. The third-order valence-electron chi connectivity index (χ3n) is 10.2. The summed E-state index contributed by atoms with van der Waals surface area (Å²) in [7, 11) is 0. The van der Waals surface area contributed by atoms with Gasteiger partial charge in [-0.05, 0) is 77.9 Å². The number of benzene rings is 8. The van der Waals surface area contributed by atoms with Gasteiger partial charge in [0.05, 0.1) is 37.8 Å². The molecule has 10 aromatic rings. The van der Waals surface area contributed by atoms with E-state index >= 15 is 0 Å². The third-order valence-corrected chi connectivity index (χ3v) is 11.0. The first-order valence-electron chi connectivity index (χ1n) is 17.7. The summed E-state index contributed by atoms with van der Waals surface area (Å²) in [5, 5.41) is 5.76. The summed E-state index contributed by atoms with van der Waals surface area (Å²) in [4.78, 5) is 2.22. The lowest BCUT2D eigenvalue weighted by atomic mass is 10.0. The predicted octanol–water partition coefficient (Wildman–Crippen LogP) is 14.3. The van der Waals surface area contributed by atoms with Gasteiger partial charge >= 0.3 is 0 Å². The molecule has 252 valence electrons. The molecule has 2 heterocycles. The molecule has 5 heteroatoms. The number of para-hydroxylation sites is 4. The van der Waals surface area contributed by atoms with Crippen LogP contribution in [0.1, 0.15) is 0 Å². The van der Waals surface area contributed by atoms with Crippen LogP contribution in [0.2, 0.25) is 10.0 Å². The predicted molar refractivity (Wildman–Crippen MR) is 225 cm³/mol. The van der Waals surface area contributed by atoms with Crippen molar-refractivity contribution in [3.63, 3.8) is 0 Å². The van der Waals surface area contributed by atoms with Gasteiger partial charge in [-0.15, -0.1) is 0 Å². The highest BCUT2D eigenvalue weighted by Gasteiger charge is 2.22. The topological polar surface area (TPSA) is 13.1 Å². The summed E-state index contributed by atoms with van der Waals surface area (Å²) >= 11 is 14.4. The third kappa shape index (κ3) is 5.20. The van der Waals surface area contributed by atoms with Crippen LogP contribution in [0, 0.1) is 0 Å². The van der Waals surface area contributed by atoms with Gasteiger partial charge in [0.25, 0.3) is 0 Å². The number of rotatable bonds is 6. The van der Waals surface area contributed by atoms with Crippen molar-refractivity contribution in [1.82, 2.24) is 9.13 Å². The molecule has 0 aliphatic heterocycles. The van der Waals surface area contributed by atoms with Crippen molar-refractivity contribution < 1.29 is 0 Å². The molecule has 3 nitrogen and oxygen atoms in total. The number of hydrogen-bond acceptors (Lipinski definition) is 1. The maximum Gasteiger partial charge on any atom is 0.0834 e. The Morgan fingerprint density at radius 1 is 0.358 bits per heavy atom. The van der Waals surface area contributed by atoms with Gasteiger partial charge in [0, 0.05) is 44.3 Å². The average molecular weight is 721 g/mol. The minimum absolute atomic E-state index is 0.477. The van der Waals surface area contributed by atoms with E-state index in [1.807, 2.05) is 12.1 Å². The standard InChI is InChI=1S/C48H31Cl2N3/c49-42-30-37(53-45-23-10-6-19-40(45)41-20-7-11-24-46(41)53)31-47(48(42)50)51(34-27-25-33(26-28-34)32-13-2-1-3-14-32)35-15-12-16-36(29-35)52-43-21-8-4-17-38(43)39-18-5-9-22-44(39)52/h1-31H. The SMILES string of the molecule is Clc1cc(-n2c3ccccc3c3ccccc32)cc(N(c2ccc(-c3ccccc3)cc2)c2cccc(-n3c4ccccc4c4ccccc43)c2)c1Cl. The van der Waals surface area contributed by atoms with Crippen LogP contribution in [0.4, 0.5) is 17.1 Å². The second kappa shape index (κ2) is 12.8. The van der Waals surface area contributed by atoms with E-state index < -0.39 is 0 Å². The summed E-state index contributed by atoms with van der Waals surface area (Å²) in [5.74, 6) is 0. The maximum atomic E-state index is 7.29. The Balaban J connectivity index is 1.21. The monoisotopic (exact) mass is 719 g/mol. The van der Waals surface area contributed by atoms with E-state index in [0.29, 0.717) is 10.0 Å². The molecule has 0 fully saturated rings.